The number of hydrogen-bond acceptors (Lipinski definition) is 3. The van der Waals surface area contributed by atoms with E-state index in [2.05, 4.69) is 15.1 Å². The van der Waals surface area contributed by atoms with Gasteiger partial charge in [-0.3, -0.25) is 4.79 Å². The topological polar surface area (TPSA) is 35.6 Å². The maximum absolute atomic E-state index is 14.1. The van der Waals surface area contributed by atoms with Crippen LogP contribution >= 0.6 is 12.4 Å². The van der Waals surface area contributed by atoms with Crippen molar-refractivity contribution in [2.45, 2.75) is 51.0 Å². The number of halogens is 3. The summed E-state index contributed by atoms with van der Waals surface area (Å²) < 4.78 is 27.6. The standard InChI is InChI=1S/C25H31F2N3O.ClH/c1-18(31)28-13-4-2-3-5-14-29-15-12-25-23(17-29)22-16-20(27)8-11-24(22)30(25)21-9-6-19(26)7-10-21;/h6-11,16,23,25H,2-5,12-15,17H2,1H3,(H,28,31);1H/t23?,25-;/m1./s1. The van der Waals surface area contributed by atoms with Crippen LogP contribution in [0.5, 0.6) is 0 Å². The zero-order valence-electron chi connectivity index (χ0n) is 18.5. The van der Waals surface area contributed by atoms with E-state index in [0.29, 0.717) is 0 Å². The van der Waals surface area contributed by atoms with Gasteiger partial charge in [0, 0.05) is 49.9 Å². The number of hydrogen-bond donors (Lipinski definition) is 1. The largest absolute Gasteiger partial charge is 0.356 e. The number of benzene rings is 2. The Morgan fingerprint density at radius 3 is 2.50 bits per heavy atom. The molecule has 1 unspecified atom stereocenters. The molecular formula is C25H32ClF2N3O. The molecule has 0 aliphatic carbocycles. The van der Waals surface area contributed by atoms with Crippen LogP contribution in [-0.4, -0.2) is 43.0 Å². The molecule has 0 aromatic heterocycles. The minimum Gasteiger partial charge on any atom is -0.356 e. The Labute approximate surface area is 195 Å². The molecule has 32 heavy (non-hydrogen) atoms. The Balaban J connectivity index is 0.00000289. The summed E-state index contributed by atoms with van der Waals surface area (Å²) in [7, 11) is 0. The number of nitrogens with zero attached hydrogens (tertiary/aromatic N) is 2. The average molecular weight is 464 g/mol. The van der Waals surface area contributed by atoms with Gasteiger partial charge in [-0.15, -0.1) is 12.4 Å². The molecule has 1 saturated heterocycles. The summed E-state index contributed by atoms with van der Waals surface area (Å²) >= 11 is 0. The molecule has 2 atom stereocenters. The van der Waals surface area contributed by atoms with Crippen molar-refractivity contribution in [3.8, 4) is 0 Å². The molecule has 1 amide bonds. The number of fused-ring (bicyclic) bond motifs is 3. The van der Waals surface area contributed by atoms with Crippen LogP contribution < -0.4 is 10.2 Å². The molecule has 4 rings (SSSR count). The summed E-state index contributed by atoms with van der Waals surface area (Å²) in [5.41, 5.74) is 3.08. The minimum atomic E-state index is -0.245. The molecule has 0 spiro atoms. The summed E-state index contributed by atoms with van der Waals surface area (Å²) in [5.74, 6) is -0.157. The molecule has 1 N–H and O–H groups in total. The zero-order chi connectivity index (χ0) is 21.8. The average Bonchev–Trinajstić information content (AvgIpc) is 3.06. The van der Waals surface area contributed by atoms with Crippen LogP contribution in [0, 0.1) is 11.6 Å². The third-order valence-corrected chi connectivity index (χ3v) is 6.52. The summed E-state index contributed by atoms with van der Waals surface area (Å²) in [6, 6.07) is 12.0. The molecule has 2 heterocycles. The Morgan fingerprint density at radius 2 is 1.75 bits per heavy atom. The Kier molecular flexibility index (Phi) is 8.49. The molecule has 2 aliphatic rings. The molecule has 174 valence electrons. The fraction of sp³-hybridized carbons (Fsp3) is 0.480. The van der Waals surface area contributed by atoms with Crippen LogP contribution in [0.3, 0.4) is 0 Å². The van der Waals surface area contributed by atoms with E-state index < -0.39 is 0 Å². The first-order valence-corrected chi connectivity index (χ1v) is 11.3. The quantitative estimate of drug-likeness (QED) is 0.533. The predicted molar refractivity (Wildman–Crippen MR) is 127 cm³/mol. The van der Waals surface area contributed by atoms with Crippen LogP contribution in [0.15, 0.2) is 42.5 Å². The maximum atomic E-state index is 14.1. The van der Waals surface area contributed by atoms with E-state index in [4.69, 9.17) is 0 Å². The fourth-order valence-electron chi connectivity index (χ4n) is 5.06. The summed E-state index contributed by atoms with van der Waals surface area (Å²) in [6.07, 6.45) is 5.42. The molecule has 2 aromatic carbocycles. The van der Waals surface area contributed by atoms with Gasteiger partial charge in [0.15, 0.2) is 0 Å². The second-order valence-corrected chi connectivity index (χ2v) is 8.71. The molecule has 2 aromatic rings. The lowest BCUT2D eigenvalue weighted by Crippen LogP contribution is -2.45. The van der Waals surface area contributed by atoms with Crippen LogP contribution in [-0.2, 0) is 4.79 Å². The van der Waals surface area contributed by atoms with Crippen molar-refractivity contribution in [2.24, 2.45) is 0 Å². The van der Waals surface area contributed by atoms with Crippen molar-refractivity contribution in [1.82, 2.24) is 10.2 Å². The Bertz CT molecular complexity index is 909. The first-order chi connectivity index (χ1) is 15.0. The van der Waals surface area contributed by atoms with E-state index in [-0.39, 0.29) is 41.9 Å². The van der Waals surface area contributed by atoms with Gasteiger partial charge in [-0.2, -0.15) is 0 Å². The highest BCUT2D eigenvalue weighted by atomic mass is 35.5. The zero-order valence-corrected chi connectivity index (χ0v) is 19.3. The van der Waals surface area contributed by atoms with Gasteiger partial charge in [0.05, 0.1) is 0 Å². The van der Waals surface area contributed by atoms with Crippen LogP contribution in [0.1, 0.15) is 50.5 Å². The Morgan fingerprint density at radius 1 is 1.03 bits per heavy atom. The van der Waals surface area contributed by atoms with Gasteiger partial charge in [0.1, 0.15) is 11.6 Å². The first kappa shape index (κ1) is 24.5. The highest BCUT2D eigenvalue weighted by Gasteiger charge is 2.42. The molecule has 4 nitrogen and oxygen atoms in total. The second kappa shape index (κ2) is 11.1. The van der Waals surface area contributed by atoms with E-state index in [1.165, 1.54) is 18.2 Å². The van der Waals surface area contributed by atoms with Crippen molar-refractivity contribution >= 4 is 29.7 Å². The number of nitrogens with one attached hydrogen (secondary N) is 1. The number of likely N-dealkylation sites (tertiary alicyclic amines) is 1. The van der Waals surface area contributed by atoms with Crippen LogP contribution in [0.25, 0.3) is 0 Å². The third kappa shape index (κ3) is 5.59. The van der Waals surface area contributed by atoms with E-state index in [0.717, 1.165) is 75.2 Å². The third-order valence-electron chi connectivity index (χ3n) is 6.52. The molecule has 1 fully saturated rings. The van der Waals surface area contributed by atoms with Gasteiger partial charge in [0.25, 0.3) is 0 Å². The van der Waals surface area contributed by atoms with Gasteiger partial charge in [-0.1, -0.05) is 12.8 Å². The molecule has 7 heteroatoms. The summed E-state index contributed by atoms with van der Waals surface area (Å²) in [6.45, 7) is 5.29. The van der Waals surface area contributed by atoms with E-state index in [1.807, 2.05) is 18.2 Å². The molecular weight excluding hydrogens is 432 g/mol. The Hall–Kier alpha value is -2.18. The molecule has 0 bridgehead atoms. The SMILES string of the molecule is CC(=O)NCCCCCCN1CC[C@@H]2C(C1)c1cc(F)ccc1N2c1ccc(F)cc1.Cl. The number of amides is 1. The lowest BCUT2D eigenvalue weighted by molar-refractivity contribution is -0.118. The second-order valence-electron chi connectivity index (χ2n) is 8.71. The monoisotopic (exact) mass is 463 g/mol. The van der Waals surface area contributed by atoms with Crippen molar-refractivity contribution in [3.63, 3.8) is 0 Å². The van der Waals surface area contributed by atoms with Gasteiger partial charge in [-0.25, -0.2) is 8.78 Å². The normalized spacial score (nSPS) is 19.8. The van der Waals surface area contributed by atoms with E-state index in [9.17, 15) is 13.6 Å². The smallest absolute Gasteiger partial charge is 0.216 e. The van der Waals surface area contributed by atoms with Gasteiger partial charge < -0.3 is 15.1 Å². The van der Waals surface area contributed by atoms with Gasteiger partial charge in [0.2, 0.25) is 5.91 Å². The highest BCUT2D eigenvalue weighted by molar-refractivity contribution is 5.85. The molecule has 2 aliphatic heterocycles. The first-order valence-electron chi connectivity index (χ1n) is 11.3. The maximum Gasteiger partial charge on any atom is 0.216 e. The number of rotatable bonds is 8. The van der Waals surface area contributed by atoms with Crippen molar-refractivity contribution in [3.05, 3.63) is 59.7 Å². The molecule has 0 saturated carbocycles. The minimum absolute atomic E-state index is 0. The fourth-order valence-corrected chi connectivity index (χ4v) is 5.06. The summed E-state index contributed by atoms with van der Waals surface area (Å²) in [4.78, 5) is 15.7. The number of carbonyl (C=O) groups is 1. The van der Waals surface area contributed by atoms with Gasteiger partial charge in [-0.05, 0) is 73.8 Å². The van der Waals surface area contributed by atoms with Crippen LogP contribution in [0.4, 0.5) is 20.2 Å². The van der Waals surface area contributed by atoms with Crippen LogP contribution in [0.2, 0.25) is 0 Å². The number of anilines is 2. The number of piperidine rings is 1. The van der Waals surface area contributed by atoms with Crippen molar-refractivity contribution in [1.29, 1.82) is 0 Å². The molecule has 0 radical (unpaired) electrons. The van der Waals surface area contributed by atoms with Crippen molar-refractivity contribution < 1.29 is 13.6 Å². The van der Waals surface area contributed by atoms with E-state index in [1.54, 1.807) is 13.0 Å². The predicted octanol–water partition coefficient (Wildman–Crippen LogP) is 5.39. The van der Waals surface area contributed by atoms with E-state index >= 15 is 0 Å². The number of carbonyl (C=O) groups excluding carboxylic acids is 1. The number of unbranched alkanes of at least 4 members (excludes halogenated alkanes) is 3. The summed E-state index contributed by atoms with van der Waals surface area (Å²) in [5, 5.41) is 2.84. The lowest BCUT2D eigenvalue weighted by atomic mass is 9.88. The lowest BCUT2D eigenvalue weighted by Gasteiger charge is -2.39. The highest BCUT2D eigenvalue weighted by Crippen LogP contribution is 2.48. The van der Waals surface area contributed by atoms with Crippen molar-refractivity contribution in [2.75, 3.05) is 31.1 Å². The van der Waals surface area contributed by atoms with Gasteiger partial charge >= 0.3 is 0 Å².